The fraction of sp³-hybridized carbons (Fsp3) is 0.357. The number of fused-ring (bicyclic) bond motifs is 1. The molecule has 3 atom stereocenters. The summed E-state index contributed by atoms with van der Waals surface area (Å²) in [6.07, 6.45) is 3.88. The van der Waals surface area contributed by atoms with Gasteiger partial charge in [-0.3, -0.25) is 0 Å². The lowest BCUT2D eigenvalue weighted by molar-refractivity contribution is 0.261. The molecule has 160 valence electrons. The topological polar surface area (TPSA) is 31.0 Å². The van der Waals surface area contributed by atoms with Crippen LogP contribution in [0.25, 0.3) is 0 Å². The smallest absolute Gasteiger partial charge is 0.122 e. The highest BCUT2D eigenvalue weighted by atomic mass is 16.6. The molecule has 1 heterocycles. The monoisotopic (exact) mass is 414 g/mol. The summed E-state index contributed by atoms with van der Waals surface area (Å²) in [4.78, 5) is 0. The summed E-state index contributed by atoms with van der Waals surface area (Å²) in [5.41, 5.74) is 6.86. The molecule has 0 N–H and O–H groups in total. The highest BCUT2D eigenvalue weighted by Crippen LogP contribution is 2.46. The van der Waals surface area contributed by atoms with Gasteiger partial charge in [-0.05, 0) is 78.1 Å². The van der Waals surface area contributed by atoms with Crippen molar-refractivity contribution in [2.75, 3.05) is 20.3 Å². The number of epoxide rings is 1. The van der Waals surface area contributed by atoms with E-state index in [2.05, 4.69) is 73.7 Å². The minimum Gasteiger partial charge on any atom is -0.497 e. The van der Waals surface area contributed by atoms with Crippen molar-refractivity contribution >= 4 is 0 Å². The van der Waals surface area contributed by atoms with E-state index in [1.807, 2.05) is 0 Å². The summed E-state index contributed by atoms with van der Waals surface area (Å²) in [6, 6.07) is 24.3. The maximum Gasteiger partial charge on any atom is 0.122 e. The van der Waals surface area contributed by atoms with Crippen molar-refractivity contribution in [3.05, 3.63) is 94.5 Å². The van der Waals surface area contributed by atoms with E-state index in [-0.39, 0.29) is 6.10 Å². The molecule has 5 rings (SSSR count). The molecule has 0 aromatic heterocycles. The summed E-state index contributed by atoms with van der Waals surface area (Å²) in [7, 11) is 1.72. The first-order chi connectivity index (χ1) is 15.2. The number of aryl methyl sites for hydroxylation is 2. The molecule has 1 saturated heterocycles. The third-order valence-electron chi connectivity index (χ3n) is 6.68. The van der Waals surface area contributed by atoms with E-state index in [4.69, 9.17) is 14.2 Å². The molecule has 0 spiro atoms. The molecule has 3 aromatic rings. The first-order valence-corrected chi connectivity index (χ1v) is 11.3. The van der Waals surface area contributed by atoms with Crippen LogP contribution in [0.15, 0.2) is 66.7 Å². The van der Waals surface area contributed by atoms with Crippen molar-refractivity contribution in [3.8, 4) is 11.5 Å². The number of benzene rings is 3. The number of rotatable bonds is 7. The Balaban J connectivity index is 1.53. The van der Waals surface area contributed by atoms with Crippen molar-refractivity contribution in [1.82, 2.24) is 0 Å². The lowest BCUT2D eigenvalue weighted by Crippen LogP contribution is -2.18. The largest absolute Gasteiger partial charge is 0.497 e. The Morgan fingerprint density at radius 3 is 2.52 bits per heavy atom. The van der Waals surface area contributed by atoms with Gasteiger partial charge in [-0.2, -0.15) is 0 Å². The zero-order valence-electron chi connectivity index (χ0n) is 18.3. The second kappa shape index (κ2) is 8.76. The Labute approximate surface area is 185 Å². The first-order valence-electron chi connectivity index (χ1n) is 11.3. The second-order valence-electron chi connectivity index (χ2n) is 8.74. The van der Waals surface area contributed by atoms with Gasteiger partial charge in [-0.25, -0.2) is 0 Å². The maximum absolute atomic E-state index is 5.99. The molecule has 2 aliphatic rings. The van der Waals surface area contributed by atoms with E-state index in [1.54, 1.807) is 7.11 Å². The molecule has 1 aliphatic heterocycles. The van der Waals surface area contributed by atoms with Crippen molar-refractivity contribution in [3.63, 3.8) is 0 Å². The molecule has 1 aliphatic carbocycles. The maximum atomic E-state index is 5.99. The van der Waals surface area contributed by atoms with Crippen molar-refractivity contribution in [2.24, 2.45) is 0 Å². The molecule has 1 fully saturated rings. The van der Waals surface area contributed by atoms with Crippen LogP contribution in [0.3, 0.4) is 0 Å². The van der Waals surface area contributed by atoms with E-state index in [0.29, 0.717) is 18.4 Å². The molecule has 0 radical (unpaired) electrons. The summed E-state index contributed by atoms with van der Waals surface area (Å²) in [5, 5.41) is 0. The van der Waals surface area contributed by atoms with Gasteiger partial charge >= 0.3 is 0 Å². The van der Waals surface area contributed by atoms with Crippen LogP contribution in [-0.4, -0.2) is 26.4 Å². The fourth-order valence-corrected chi connectivity index (χ4v) is 4.98. The molecule has 31 heavy (non-hydrogen) atoms. The molecule has 0 bridgehead atoms. The van der Waals surface area contributed by atoms with Crippen LogP contribution < -0.4 is 9.47 Å². The third kappa shape index (κ3) is 4.33. The van der Waals surface area contributed by atoms with E-state index in [9.17, 15) is 0 Å². The van der Waals surface area contributed by atoms with E-state index in [1.165, 1.54) is 47.1 Å². The van der Waals surface area contributed by atoms with Gasteiger partial charge in [0.25, 0.3) is 0 Å². The van der Waals surface area contributed by atoms with Gasteiger partial charge in [-0.15, -0.1) is 0 Å². The zero-order valence-corrected chi connectivity index (χ0v) is 18.3. The summed E-state index contributed by atoms with van der Waals surface area (Å²) >= 11 is 0. The molecule has 3 nitrogen and oxygen atoms in total. The van der Waals surface area contributed by atoms with Crippen molar-refractivity contribution in [2.45, 2.75) is 44.1 Å². The predicted octanol–water partition coefficient (Wildman–Crippen LogP) is 6.03. The highest BCUT2D eigenvalue weighted by Gasteiger charge is 2.31. The molecule has 0 saturated carbocycles. The molecule has 3 heteroatoms. The minimum atomic E-state index is 0.268. The van der Waals surface area contributed by atoms with Gasteiger partial charge in [0, 0.05) is 5.92 Å². The standard InChI is InChI=1S/C28H30O3/c1-19-16-22(12-15-27(19)31-18-24-17-30-24)28(21-10-13-23(29-2)14-11-21)26-9-5-7-20-6-3-4-8-25(20)26/h3-4,6,8,10-16,24,26,28H,5,7,9,17-18H2,1-2H3. The van der Waals surface area contributed by atoms with E-state index in [0.717, 1.165) is 18.1 Å². The van der Waals surface area contributed by atoms with Gasteiger partial charge < -0.3 is 14.2 Å². The number of methoxy groups -OCH3 is 1. The van der Waals surface area contributed by atoms with Gasteiger partial charge in [0.05, 0.1) is 13.7 Å². The van der Waals surface area contributed by atoms with Crippen molar-refractivity contribution < 1.29 is 14.2 Å². The van der Waals surface area contributed by atoms with Crippen LogP contribution in [-0.2, 0) is 11.2 Å². The van der Waals surface area contributed by atoms with Crippen LogP contribution in [0.4, 0.5) is 0 Å². The Bertz CT molecular complexity index is 1040. The average Bonchev–Trinajstić information content (AvgIpc) is 3.64. The molecule has 0 amide bonds. The highest BCUT2D eigenvalue weighted by molar-refractivity contribution is 5.46. The minimum absolute atomic E-state index is 0.268. The second-order valence-corrected chi connectivity index (χ2v) is 8.74. The van der Waals surface area contributed by atoms with E-state index >= 15 is 0 Å². The van der Waals surface area contributed by atoms with E-state index < -0.39 is 0 Å². The lowest BCUT2D eigenvalue weighted by atomic mass is 9.70. The van der Waals surface area contributed by atoms with Gasteiger partial charge in [0.15, 0.2) is 0 Å². The Kier molecular flexibility index (Phi) is 5.69. The lowest BCUT2D eigenvalue weighted by Gasteiger charge is -2.33. The summed E-state index contributed by atoms with van der Waals surface area (Å²) < 4.78 is 16.7. The average molecular weight is 415 g/mol. The molecular formula is C28H30O3. The quantitative estimate of drug-likeness (QED) is 0.442. The predicted molar refractivity (Wildman–Crippen MR) is 123 cm³/mol. The Morgan fingerprint density at radius 2 is 1.77 bits per heavy atom. The first kappa shape index (κ1) is 20.1. The zero-order chi connectivity index (χ0) is 21.2. The van der Waals surface area contributed by atoms with Gasteiger partial charge in [0.2, 0.25) is 0 Å². The van der Waals surface area contributed by atoms with Crippen LogP contribution in [0.2, 0.25) is 0 Å². The van der Waals surface area contributed by atoms with Crippen LogP contribution >= 0.6 is 0 Å². The molecule has 3 unspecified atom stereocenters. The van der Waals surface area contributed by atoms with Crippen molar-refractivity contribution in [1.29, 1.82) is 0 Å². The van der Waals surface area contributed by atoms with Crippen LogP contribution in [0.5, 0.6) is 11.5 Å². The normalized spacial score (nSPS) is 20.6. The van der Waals surface area contributed by atoms with Crippen LogP contribution in [0, 0.1) is 6.92 Å². The summed E-state index contributed by atoms with van der Waals surface area (Å²) in [5.74, 6) is 2.61. The Hall–Kier alpha value is -2.78. The SMILES string of the molecule is COc1ccc(C(c2ccc(OCC3CO3)c(C)c2)C2CCCc3ccccc32)cc1. The number of hydrogen-bond acceptors (Lipinski definition) is 3. The fourth-order valence-electron chi connectivity index (χ4n) is 4.98. The molecule has 3 aromatic carbocycles. The van der Waals surface area contributed by atoms with Gasteiger partial charge in [0.1, 0.15) is 24.2 Å². The number of ether oxygens (including phenoxy) is 3. The van der Waals surface area contributed by atoms with Gasteiger partial charge in [-0.1, -0.05) is 48.5 Å². The third-order valence-corrected chi connectivity index (χ3v) is 6.68. The molecular weight excluding hydrogens is 384 g/mol. The summed E-state index contributed by atoms with van der Waals surface area (Å²) in [6.45, 7) is 3.60. The Morgan fingerprint density at radius 1 is 1.00 bits per heavy atom. The number of hydrogen-bond donors (Lipinski definition) is 0. The van der Waals surface area contributed by atoms with Crippen LogP contribution in [0.1, 0.15) is 52.5 Å².